The van der Waals surface area contributed by atoms with Crippen molar-refractivity contribution in [2.24, 2.45) is 5.73 Å². The number of allylic oxidation sites excluding steroid dienone is 2. The first-order valence-corrected chi connectivity index (χ1v) is 12.8. The quantitative estimate of drug-likeness (QED) is 0.230. The summed E-state index contributed by atoms with van der Waals surface area (Å²) in [6.07, 6.45) is 12.2. The molecular formula is C30H32Cl3N5. The number of nitrogens with one attached hydrogen (secondary N) is 1. The highest BCUT2D eigenvalue weighted by Crippen LogP contribution is 2.45. The van der Waals surface area contributed by atoms with Gasteiger partial charge in [-0.25, -0.2) is 9.97 Å². The molecule has 0 amide bonds. The van der Waals surface area contributed by atoms with E-state index in [9.17, 15) is 0 Å². The number of fused-ring (bicyclic) bond motifs is 5. The van der Waals surface area contributed by atoms with Gasteiger partial charge in [-0.15, -0.1) is 37.2 Å². The van der Waals surface area contributed by atoms with Crippen LogP contribution in [0.5, 0.6) is 0 Å². The molecule has 0 bridgehead atoms. The van der Waals surface area contributed by atoms with Crippen molar-refractivity contribution >= 4 is 54.3 Å². The van der Waals surface area contributed by atoms with E-state index in [1.807, 2.05) is 12.3 Å². The van der Waals surface area contributed by atoms with Gasteiger partial charge in [0.25, 0.3) is 0 Å². The van der Waals surface area contributed by atoms with E-state index in [2.05, 4.69) is 70.6 Å². The van der Waals surface area contributed by atoms with Crippen LogP contribution in [0.2, 0.25) is 0 Å². The molecule has 5 nitrogen and oxygen atoms in total. The monoisotopic (exact) mass is 567 g/mol. The molecule has 198 valence electrons. The fourth-order valence-corrected chi connectivity index (χ4v) is 5.77. The number of nitrogens with zero attached hydrogens (tertiary/aromatic N) is 3. The first kappa shape index (κ1) is 28.2. The predicted molar refractivity (Wildman–Crippen MR) is 163 cm³/mol. The van der Waals surface area contributed by atoms with Crippen molar-refractivity contribution in [3.8, 4) is 28.3 Å². The van der Waals surface area contributed by atoms with E-state index >= 15 is 0 Å². The first-order valence-electron chi connectivity index (χ1n) is 12.8. The molecule has 2 aromatic heterocycles. The van der Waals surface area contributed by atoms with Gasteiger partial charge in [-0.2, -0.15) is 0 Å². The predicted octanol–water partition coefficient (Wildman–Crippen LogP) is 8.22. The molecule has 0 unspecified atom stereocenters. The van der Waals surface area contributed by atoms with Gasteiger partial charge in [0.05, 0.1) is 22.8 Å². The minimum atomic E-state index is -0.166. The van der Waals surface area contributed by atoms with Gasteiger partial charge in [0, 0.05) is 22.9 Å². The van der Waals surface area contributed by atoms with Gasteiger partial charge < -0.3 is 11.1 Å². The van der Waals surface area contributed by atoms with Crippen LogP contribution in [0.1, 0.15) is 56.2 Å². The molecule has 0 spiro atoms. The third-order valence-electron chi connectivity index (χ3n) is 7.90. The van der Waals surface area contributed by atoms with Crippen molar-refractivity contribution in [1.82, 2.24) is 14.5 Å². The third-order valence-corrected chi connectivity index (χ3v) is 7.90. The second kappa shape index (κ2) is 11.1. The number of imidazole rings is 1. The summed E-state index contributed by atoms with van der Waals surface area (Å²) in [6.45, 7) is 0. The van der Waals surface area contributed by atoms with Crippen LogP contribution in [-0.2, 0) is 5.54 Å². The summed E-state index contributed by atoms with van der Waals surface area (Å²) in [7, 11) is 0. The summed E-state index contributed by atoms with van der Waals surface area (Å²) in [6, 6.07) is 21.4. The minimum absolute atomic E-state index is 0. The van der Waals surface area contributed by atoms with E-state index in [1.165, 1.54) is 30.4 Å². The Morgan fingerprint density at radius 1 is 0.868 bits per heavy atom. The van der Waals surface area contributed by atoms with Gasteiger partial charge in [-0.05, 0) is 80.3 Å². The Kier molecular flexibility index (Phi) is 8.24. The fraction of sp³-hybridized carbons (Fsp3) is 0.267. The second-order valence-electron chi connectivity index (χ2n) is 10.1. The minimum Gasteiger partial charge on any atom is -0.338 e. The zero-order chi connectivity index (χ0) is 23.4. The van der Waals surface area contributed by atoms with Crippen LogP contribution in [0.15, 0.2) is 72.9 Å². The van der Waals surface area contributed by atoms with Gasteiger partial charge in [0.2, 0.25) is 0 Å². The fourth-order valence-electron chi connectivity index (χ4n) is 5.77. The van der Waals surface area contributed by atoms with Crippen LogP contribution in [0.3, 0.4) is 0 Å². The van der Waals surface area contributed by atoms with Gasteiger partial charge >= 0.3 is 0 Å². The number of halogens is 3. The van der Waals surface area contributed by atoms with Crippen molar-refractivity contribution in [3.63, 3.8) is 0 Å². The molecule has 3 aliphatic rings. The number of hydrogen-bond donors (Lipinski definition) is 2. The molecule has 7 rings (SSSR count). The number of hydrogen-bond acceptors (Lipinski definition) is 4. The molecule has 8 heteroatoms. The molecule has 38 heavy (non-hydrogen) atoms. The second-order valence-corrected chi connectivity index (χ2v) is 10.1. The van der Waals surface area contributed by atoms with Gasteiger partial charge in [-0.3, -0.25) is 4.57 Å². The number of aromatic nitrogens is 3. The number of rotatable bonds is 3. The van der Waals surface area contributed by atoms with Crippen molar-refractivity contribution < 1.29 is 0 Å². The van der Waals surface area contributed by atoms with E-state index in [-0.39, 0.29) is 42.8 Å². The van der Waals surface area contributed by atoms with Crippen molar-refractivity contribution in [2.45, 2.75) is 50.5 Å². The van der Waals surface area contributed by atoms with Crippen LogP contribution in [0.4, 0.5) is 11.5 Å². The smallest absolute Gasteiger partial charge is 0.154 e. The van der Waals surface area contributed by atoms with Crippen molar-refractivity contribution in [1.29, 1.82) is 0 Å². The zero-order valence-corrected chi connectivity index (χ0v) is 23.5. The summed E-state index contributed by atoms with van der Waals surface area (Å²) in [5.41, 5.74) is 15.6. The number of benzene rings is 2. The Morgan fingerprint density at radius 3 is 2.37 bits per heavy atom. The molecule has 0 saturated heterocycles. The summed E-state index contributed by atoms with van der Waals surface area (Å²) in [5, 5.41) is 3.55. The largest absolute Gasteiger partial charge is 0.338 e. The van der Waals surface area contributed by atoms with E-state index in [1.54, 1.807) is 0 Å². The van der Waals surface area contributed by atoms with Gasteiger partial charge in [0.15, 0.2) is 5.82 Å². The molecule has 2 aliphatic carbocycles. The molecular weight excluding hydrogens is 537 g/mol. The summed E-state index contributed by atoms with van der Waals surface area (Å²) in [4.78, 5) is 10.1. The summed E-state index contributed by atoms with van der Waals surface area (Å²) in [5.74, 6) is 1.79. The van der Waals surface area contributed by atoms with Crippen LogP contribution >= 0.6 is 37.2 Å². The standard InChI is InChI=1S/C30H29N5.3ClH/c31-30(17-7-18-30)22-15-13-21(14-16-22)27-26(20-8-2-1-3-9-20)34-29-23-10-4-5-11-24(23)33-28-25(35(27)29)12-6-19-32-28;;;/h4-6,8,10-16,19H,1-3,7,9,17-18,31H2,(H,32,33);3*1H. The van der Waals surface area contributed by atoms with Crippen molar-refractivity contribution in [3.05, 3.63) is 84.2 Å². The highest BCUT2D eigenvalue weighted by atomic mass is 35.5. The lowest BCUT2D eigenvalue weighted by atomic mass is 9.72. The lowest BCUT2D eigenvalue weighted by molar-refractivity contribution is 0.253. The molecule has 0 atom stereocenters. The number of nitrogens with two attached hydrogens (primary N) is 1. The highest BCUT2D eigenvalue weighted by Gasteiger charge is 2.34. The Morgan fingerprint density at radius 2 is 1.66 bits per heavy atom. The number of anilines is 2. The average Bonchev–Trinajstić information content (AvgIpc) is 3.22. The van der Waals surface area contributed by atoms with Crippen LogP contribution in [0.25, 0.3) is 33.9 Å². The molecule has 3 N–H and O–H groups in total. The van der Waals surface area contributed by atoms with E-state index in [0.29, 0.717) is 0 Å². The summed E-state index contributed by atoms with van der Waals surface area (Å²) < 4.78 is 2.31. The Hall–Kier alpha value is -2.83. The van der Waals surface area contributed by atoms with Crippen LogP contribution < -0.4 is 11.1 Å². The lowest BCUT2D eigenvalue weighted by Gasteiger charge is -2.38. The Bertz CT molecular complexity index is 1470. The van der Waals surface area contributed by atoms with E-state index in [4.69, 9.17) is 15.7 Å². The normalized spacial score (nSPS) is 16.3. The number of para-hydroxylation sites is 1. The maximum absolute atomic E-state index is 6.64. The third kappa shape index (κ3) is 4.52. The maximum Gasteiger partial charge on any atom is 0.154 e. The lowest BCUT2D eigenvalue weighted by Crippen LogP contribution is -2.43. The van der Waals surface area contributed by atoms with Gasteiger partial charge in [0.1, 0.15) is 5.82 Å². The van der Waals surface area contributed by atoms with Crippen molar-refractivity contribution in [2.75, 3.05) is 5.32 Å². The van der Waals surface area contributed by atoms with E-state index < -0.39 is 0 Å². The van der Waals surface area contributed by atoms with Crippen LogP contribution in [0, 0.1) is 0 Å². The highest BCUT2D eigenvalue weighted by molar-refractivity contribution is 5.89. The Labute approximate surface area is 242 Å². The zero-order valence-electron chi connectivity index (χ0n) is 21.0. The molecule has 2 aromatic carbocycles. The van der Waals surface area contributed by atoms with E-state index in [0.717, 1.165) is 71.2 Å². The molecule has 0 radical (unpaired) electrons. The first-order chi connectivity index (χ1) is 17.2. The molecule has 4 aromatic rings. The molecule has 1 saturated carbocycles. The summed E-state index contributed by atoms with van der Waals surface area (Å²) >= 11 is 0. The number of pyridine rings is 1. The molecule has 1 fully saturated rings. The van der Waals surface area contributed by atoms with Crippen LogP contribution in [-0.4, -0.2) is 14.5 Å². The molecule has 3 heterocycles. The Balaban J connectivity index is 0.00000112. The topological polar surface area (TPSA) is 68.8 Å². The SMILES string of the molecule is Cl.Cl.Cl.NC1(c2ccc(-c3c(C4=CCCCC4)nc4n3-c3cccnc3Nc3ccccc3-4)cc2)CCC1. The molecule has 1 aliphatic heterocycles. The maximum atomic E-state index is 6.64. The van der Waals surface area contributed by atoms with Gasteiger partial charge in [-0.1, -0.05) is 42.5 Å². The average molecular weight is 569 g/mol.